The van der Waals surface area contributed by atoms with Crippen LogP contribution in [0.1, 0.15) is 53.0 Å². The molecule has 1 rings (SSSR count). The maximum Gasteiger partial charge on any atom is 0.412 e. The molecule has 1 aromatic rings. The number of alkyl carbamates (subject to hydrolysis) is 1. The van der Waals surface area contributed by atoms with E-state index in [4.69, 9.17) is 9.47 Å². The zero-order valence-electron chi connectivity index (χ0n) is 16.6. The van der Waals surface area contributed by atoms with E-state index < -0.39 is 35.3 Å². The molecule has 8 heteroatoms. The quantitative estimate of drug-likeness (QED) is 0.717. The minimum atomic E-state index is -1.08. The molecule has 2 amide bonds. The van der Waals surface area contributed by atoms with Gasteiger partial charge in [-0.3, -0.25) is 10.1 Å². The first-order chi connectivity index (χ1) is 12.3. The largest absolute Gasteiger partial charge is 0.481 e. The first kappa shape index (κ1) is 22.3. The molecule has 0 aliphatic carbocycles. The van der Waals surface area contributed by atoms with Crippen LogP contribution >= 0.6 is 0 Å². The minimum absolute atomic E-state index is 0.122. The fourth-order valence-corrected chi connectivity index (χ4v) is 2.07. The number of rotatable bonds is 5. The molecule has 0 aromatic heterocycles. The van der Waals surface area contributed by atoms with Crippen LogP contribution in [0.2, 0.25) is 0 Å². The third-order valence-electron chi connectivity index (χ3n) is 3.11. The van der Waals surface area contributed by atoms with Crippen LogP contribution in [-0.2, 0) is 14.3 Å². The summed E-state index contributed by atoms with van der Waals surface area (Å²) >= 11 is 0. The Morgan fingerprint density at radius 1 is 0.926 bits per heavy atom. The van der Waals surface area contributed by atoms with E-state index in [1.165, 1.54) is 0 Å². The molecule has 0 bridgehead atoms. The average molecular weight is 380 g/mol. The summed E-state index contributed by atoms with van der Waals surface area (Å²) < 4.78 is 10.3. The molecule has 3 N–H and O–H groups in total. The van der Waals surface area contributed by atoms with Crippen LogP contribution in [0.5, 0.6) is 0 Å². The number of carbonyl (C=O) groups excluding carboxylic acids is 2. The zero-order valence-corrected chi connectivity index (χ0v) is 16.6. The van der Waals surface area contributed by atoms with Crippen LogP contribution < -0.4 is 10.6 Å². The zero-order chi connectivity index (χ0) is 20.8. The van der Waals surface area contributed by atoms with Crippen molar-refractivity contribution in [3.63, 3.8) is 0 Å². The first-order valence-electron chi connectivity index (χ1n) is 8.56. The average Bonchev–Trinajstić information content (AvgIpc) is 2.44. The van der Waals surface area contributed by atoms with Crippen molar-refractivity contribution in [1.29, 1.82) is 0 Å². The molecule has 0 saturated carbocycles. The van der Waals surface area contributed by atoms with Crippen LogP contribution in [0.25, 0.3) is 0 Å². The molecule has 0 saturated heterocycles. The van der Waals surface area contributed by atoms with E-state index in [1.807, 2.05) is 0 Å². The standard InChI is InChI=1S/C19H28N2O6/c1-18(2,3)26-16(24)20-11-14(15(22)23)12-7-9-13(10-8-12)21-17(25)27-19(4,5)6/h7-10,14H,11H2,1-6H3,(H,20,24)(H,21,25)(H,22,23). The Balaban J connectivity index is 2.73. The Bertz CT molecular complexity index is 671. The monoisotopic (exact) mass is 380 g/mol. The van der Waals surface area contributed by atoms with Crippen LogP contribution in [-0.4, -0.2) is 41.0 Å². The van der Waals surface area contributed by atoms with Gasteiger partial charge in [-0.2, -0.15) is 0 Å². The van der Waals surface area contributed by atoms with Crippen LogP contribution in [0.15, 0.2) is 24.3 Å². The molecule has 0 aliphatic heterocycles. The Morgan fingerprint density at radius 3 is 1.85 bits per heavy atom. The molecule has 0 aliphatic rings. The van der Waals surface area contributed by atoms with Gasteiger partial charge >= 0.3 is 18.2 Å². The fourth-order valence-electron chi connectivity index (χ4n) is 2.07. The van der Waals surface area contributed by atoms with E-state index >= 15 is 0 Å². The summed E-state index contributed by atoms with van der Waals surface area (Å²) in [5.74, 6) is -2.04. The summed E-state index contributed by atoms with van der Waals surface area (Å²) in [6, 6.07) is 6.29. The van der Waals surface area contributed by atoms with E-state index in [0.717, 1.165) is 0 Å². The first-order valence-corrected chi connectivity index (χ1v) is 8.56. The van der Waals surface area contributed by atoms with Gasteiger partial charge in [0, 0.05) is 12.2 Å². The number of aliphatic carboxylic acids is 1. The van der Waals surface area contributed by atoms with Gasteiger partial charge in [-0.05, 0) is 59.2 Å². The Labute approximate surface area is 159 Å². The third-order valence-corrected chi connectivity index (χ3v) is 3.11. The number of carboxylic acids is 1. The lowest BCUT2D eigenvalue weighted by Gasteiger charge is -2.21. The van der Waals surface area contributed by atoms with E-state index in [1.54, 1.807) is 65.8 Å². The summed E-state index contributed by atoms with van der Waals surface area (Å²) in [5.41, 5.74) is -0.339. The second-order valence-electron chi connectivity index (χ2n) is 8.02. The number of hydrogen-bond acceptors (Lipinski definition) is 5. The lowest BCUT2D eigenvalue weighted by atomic mass is 9.99. The number of nitrogens with one attached hydrogen (secondary N) is 2. The second kappa shape index (κ2) is 8.75. The molecule has 0 spiro atoms. The summed E-state index contributed by atoms with van der Waals surface area (Å²) in [6.45, 7) is 10.3. The summed E-state index contributed by atoms with van der Waals surface area (Å²) in [5, 5.41) is 14.5. The number of ether oxygens (including phenoxy) is 2. The van der Waals surface area contributed by atoms with E-state index in [2.05, 4.69) is 10.6 Å². The number of carboxylic acid groups (broad SMARTS) is 1. The SMILES string of the molecule is CC(C)(C)OC(=O)NCC(C(=O)O)c1ccc(NC(=O)OC(C)(C)C)cc1. The van der Waals surface area contributed by atoms with Crippen molar-refractivity contribution in [3.8, 4) is 0 Å². The van der Waals surface area contributed by atoms with Gasteiger partial charge in [-0.15, -0.1) is 0 Å². The van der Waals surface area contributed by atoms with Crippen LogP contribution in [0, 0.1) is 0 Å². The number of carbonyl (C=O) groups is 3. The van der Waals surface area contributed by atoms with Gasteiger partial charge in [0.25, 0.3) is 0 Å². The highest BCUT2D eigenvalue weighted by atomic mass is 16.6. The predicted molar refractivity (Wildman–Crippen MR) is 101 cm³/mol. The molecule has 0 heterocycles. The minimum Gasteiger partial charge on any atom is -0.481 e. The van der Waals surface area contributed by atoms with E-state index in [-0.39, 0.29) is 6.54 Å². The van der Waals surface area contributed by atoms with Crippen LogP contribution in [0.4, 0.5) is 15.3 Å². The van der Waals surface area contributed by atoms with Gasteiger partial charge in [0.15, 0.2) is 0 Å². The van der Waals surface area contributed by atoms with Gasteiger partial charge in [-0.1, -0.05) is 12.1 Å². The summed E-state index contributed by atoms with van der Waals surface area (Å²) in [7, 11) is 0. The van der Waals surface area contributed by atoms with Gasteiger partial charge in [0.2, 0.25) is 0 Å². The second-order valence-corrected chi connectivity index (χ2v) is 8.02. The maximum absolute atomic E-state index is 11.8. The molecule has 1 atom stereocenters. The number of hydrogen-bond donors (Lipinski definition) is 3. The molecule has 27 heavy (non-hydrogen) atoms. The fraction of sp³-hybridized carbons (Fsp3) is 0.526. The van der Waals surface area contributed by atoms with Crippen molar-refractivity contribution in [2.24, 2.45) is 0 Å². The molecule has 150 valence electrons. The Kier molecular flexibility index (Phi) is 7.21. The van der Waals surface area contributed by atoms with Crippen molar-refractivity contribution >= 4 is 23.8 Å². The van der Waals surface area contributed by atoms with Crippen molar-refractivity contribution in [2.45, 2.75) is 58.7 Å². The smallest absolute Gasteiger partial charge is 0.412 e. The highest BCUT2D eigenvalue weighted by Gasteiger charge is 2.23. The number of benzene rings is 1. The Hall–Kier alpha value is -2.77. The van der Waals surface area contributed by atoms with Crippen molar-refractivity contribution in [3.05, 3.63) is 29.8 Å². The Morgan fingerprint density at radius 2 is 1.41 bits per heavy atom. The van der Waals surface area contributed by atoms with Crippen molar-refractivity contribution in [1.82, 2.24) is 5.32 Å². The molecule has 1 aromatic carbocycles. The highest BCUT2D eigenvalue weighted by Crippen LogP contribution is 2.19. The topological polar surface area (TPSA) is 114 Å². The van der Waals surface area contributed by atoms with Gasteiger partial charge < -0.3 is 19.9 Å². The van der Waals surface area contributed by atoms with Gasteiger partial charge in [0.05, 0.1) is 5.92 Å². The van der Waals surface area contributed by atoms with Gasteiger partial charge in [-0.25, -0.2) is 9.59 Å². The molecule has 0 fully saturated rings. The van der Waals surface area contributed by atoms with Crippen molar-refractivity contribution < 1.29 is 29.0 Å². The molecular formula is C19H28N2O6. The molecule has 8 nitrogen and oxygen atoms in total. The maximum atomic E-state index is 11.8. The summed E-state index contributed by atoms with van der Waals surface area (Å²) in [6.07, 6.45) is -1.28. The molecular weight excluding hydrogens is 352 g/mol. The summed E-state index contributed by atoms with van der Waals surface area (Å²) in [4.78, 5) is 35.0. The van der Waals surface area contributed by atoms with Gasteiger partial charge in [0.1, 0.15) is 11.2 Å². The number of amides is 2. The molecule has 1 unspecified atom stereocenters. The van der Waals surface area contributed by atoms with Crippen LogP contribution in [0.3, 0.4) is 0 Å². The van der Waals surface area contributed by atoms with E-state index in [9.17, 15) is 19.5 Å². The third kappa shape index (κ3) is 8.94. The lowest BCUT2D eigenvalue weighted by molar-refractivity contribution is -0.138. The predicted octanol–water partition coefficient (Wildman–Crippen LogP) is 3.73. The normalized spacial score (nSPS) is 12.7. The molecule has 0 radical (unpaired) electrons. The van der Waals surface area contributed by atoms with Crippen molar-refractivity contribution in [2.75, 3.05) is 11.9 Å². The van der Waals surface area contributed by atoms with E-state index in [0.29, 0.717) is 11.3 Å². The lowest BCUT2D eigenvalue weighted by Crippen LogP contribution is -2.36. The highest BCUT2D eigenvalue weighted by molar-refractivity contribution is 5.85. The number of anilines is 1.